The van der Waals surface area contributed by atoms with Crippen LogP contribution in [0.15, 0.2) is 65.6 Å². The highest BCUT2D eigenvalue weighted by Gasteiger charge is 2.22. The van der Waals surface area contributed by atoms with Crippen LogP contribution < -0.4 is 5.56 Å². The number of benzene rings is 2. The highest BCUT2D eigenvalue weighted by Crippen LogP contribution is 2.24. The van der Waals surface area contributed by atoms with Crippen LogP contribution in [0.25, 0.3) is 22.6 Å². The molecule has 1 aliphatic heterocycles. The Morgan fingerprint density at radius 1 is 1.06 bits per heavy atom. The molecule has 3 heterocycles. The molecule has 0 bridgehead atoms. The van der Waals surface area contributed by atoms with Crippen molar-refractivity contribution in [1.29, 1.82) is 0 Å². The minimum absolute atomic E-state index is 0.127. The molecule has 33 heavy (non-hydrogen) atoms. The van der Waals surface area contributed by atoms with Crippen molar-refractivity contribution in [1.82, 2.24) is 19.9 Å². The van der Waals surface area contributed by atoms with Crippen LogP contribution in [0, 0.1) is 11.6 Å². The summed E-state index contributed by atoms with van der Waals surface area (Å²) in [5.74, 6) is -0.496. The summed E-state index contributed by atoms with van der Waals surface area (Å²) in [6.45, 7) is 1.79. The van der Waals surface area contributed by atoms with Gasteiger partial charge >= 0.3 is 0 Å². The van der Waals surface area contributed by atoms with Gasteiger partial charge in [-0.3, -0.25) is 14.7 Å². The fourth-order valence-electron chi connectivity index (χ4n) is 3.99. The Morgan fingerprint density at radius 3 is 2.64 bits per heavy atom. The van der Waals surface area contributed by atoms with E-state index in [9.17, 15) is 13.6 Å². The summed E-state index contributed by atoms with van der Waals surface area (Å²) in [5, 5.41) is 0.623. The quantitative estimate of drug-likeness (QED) is 0.462. The Balaban J connectivity index is 1.32. The van der Waals surface area contributed by atoms with Crippen LogP contribution in [0.3, 0.4) is 0 Å². The highest BCUT2D eigenvalue weighted by molar-refractivity contribution is 6.30. The Hall–Kier alpha value is -3.42. The van der Waals surface area contributed by atoms with Crippen LogP contribution in [0.5, 0.6) is 0 Å². The third-order valence-corrected chi connectivity index (χ3v) is 5.95. The van der Waals surface area contributed by atoms with Gasteiger partial charge in [0, 0.05) is 48.4 Å². The summed E-state index contributed by atoms with van der Waals surface area (Å²) in [5.41, 5.74) is 3.53. The van der Waals surface area contributed by atoms with Gasteiger partial charge in [0.25, 0.3) is 5.56 Å². The SMILES string of the molecule is O=c1[nH]c(-c2ccc(Cl)cc2)nc2c1CN(Cc1ccc(-c3cc(F)ccc3F)nc1)CC2. The van der Waals surface area contributed by atoms with Crippen molar-refractivity contribution in [2.24, 2.45) is 0 Å². The maximum atomic E-state index is 14.0. The largest absolute Gasteiger partial charge is 0.306 e. The van der Waals surface area contributed by atoms with Crippen LogP contribution >= 0.6 is 11.6 Å². The Bertz CT molecular complexity index is 1370. The van der Waals surface area contributed by atoms with Crippen molar-refractivity contribution in [3.05, 3.63) is 105 Å². The van der Waals surface area contributed by atoms with Crippen LogP contribution in [0.1, 0.15) is 16.8 Å². The lowest BCUT2D eigenvalue weighted by Gasteiger charge is -2.27. The predicted molar refractivity (Wildman–Crippen MR) is 123 cm³/mol. The molecule has 0 saturated heterocycles. The van der Waals surface area contributed by atoms with E-state index in [0.29, 0.717) is 41.6 Å². The summed E-state index contributed by atoms with van der Waals surface area (Å²) in [4.78, 5) is 26.8. The maximum Gasteiger partial charge on any atom is 0.255 e. The summed E-state index contributed by atoms with van der Waals surface area (Å²) in [6.07, 6.45) is 2.31. The molecule has 166 valence electrons. The topological polar surface area (TPSA) is 61.9 Å². The Morgan fingerprint density at radius 2 is 1.88 bits per heavy atom. The number of aromatic nitrogens is 3. The zero-order valence-electron chi connectivity index (χ0n) is 17.5. The summed E-state index contributed by atoms with van der Waals surface area (Å²) < 4.78 is 27.5. The smallest absolute Gasteiger partial charge is 0.255 e. The molecular weight excluding hydrogens is 446 g/mol. The van der Waals surface area contributed by atoms with E-state index in [-0.39, 0.29) is 11.1 Å². The fourth-order valence-corrected chi connectivity index (χ4v) is 4.12. The first-order valence-electron chi connectivity index (χ1n) is 10.5. The van der Waals surface area contributed by atoms with E-state index in [4.69, 9.17) is 11.6 Å². The van der Waals surface area contributed by atoms with Gasteiger partial charge in [0.2, 0.25) is 0 Å². The van der Waals surface area contributed by atoms with Crippen molar-refractivity contribution < 1.29 is 8.78 Å². The first-order chi connectivity index (χ1) is 16.0. The van der Waals surface area contributed by atoms with Crippen molar-refractivity contribution in [3.8, 4) is 22.6 Å². The lowest BCUT2D eigenvalue weighted by Crippen LogP contribution is -2.35. The molecule has 0 aliphatic carbocycles. The van der Waals surface area contributed by atoms with Crippen LogP contribution in [0.2, 0.25) is 5.02 Å². The average Bonchev–Trinajstić information content (AvgIpc) is 2.82. The summed E-state index contributed by atoms with van der Waals surface area (Å²) >= 11 is 5.95. The minimum Gasteiger partial charge on any atom is -0.306 e. The molecule has 8 heteroatoms. The zero-order valence-corrected chi connectivity index (χ0v) is 18.2. The first kappa shape index (κ1) is 21.4. The fraction of sp³-hybridized carbons (Fsp3) is 0.160. The molecule has 2 aromatic carbocycles. The molecule has 0 saturated carbocycles. The number of H-pyrrole nitrogens is 1. The van der Waals surface area contributed by atoms with Gasteiger partial charge in [-0.05, 0) is 54.1 Å². The van der Waals surface area contributed by atoms with Gasteiger partial charge in [0.15, 0.2) is 0 Å². The molecule has 2 aromatic heterocycles. The standard InChI is InChI=1S/C25H19ClF2N4O/c26-17-4-2-16(3-5-17)24-30-23-9-10-32(14-20(23)25(33)31-24)13-15-1-8-22(29-12-15)19-11-18(27)6-7-21(19)28/h1-8,11-12H,9-10,13-14H2,(H,30,31,33). The van der Waals surface area contributed by atoms with Crippen LogP contribution in [0.4, 0.5) is 8.78 Å². The van der Waals surface area contributed by atoms with Crippen molar-refractivity contribution >= 4 is 11.6 Å². The number of halogens is 3. The van der Waals surface area contributed by atoms with Gasteiger partial charge < -0.3 is 4.98 Å². The minimum atomic E-state index is -0.519. The average molecular weight is 465 g/mol. The normalized spacial score (nSPS) is 13.7. The van der Waals surface area contributed by atoms with Gasteiger partial charge in [-0.2, -0.15) is 0 Å². The van der Waals surface area contributed by atoms with E-state index in [1.807, 2.05) is 18.2 Å². The van der Waals surface area contributed by atoms with Gasteiger partial charge in [-0.15, -0.1) is 0 Å². The van der Waals surface area contributed by atoms with Gasteiger partial charge in [0.05, 0.1) is 17.0 Å². The first-order valence-corrected chi connectivity index (χ1v) is 10.8. The van der Waals surface area contributed by atoms with E-state index < -0.39 is 11.6 Å². The second kappa shape index (κ2) is 8.84. The number of aromatic amines is 1. The lowest BCUT2D eigenvalue weighted by molar-refractivity contribution is 0.241. The number of pyridine rings is 1. The second-order valence-electron chi connectivity index (χ2n) is 7.98. The number of fused-ring (bicyclic) bond motifs is 1. The number of nitrogens with one attached hydrogen (secondary N) is 1. The number of rotatable bonds is 4. The summed E-state index contributed by atoms with van der Waals surface area (Å²) in [7, 11) is 0. The van der Waals surface area contributed by atoms with E-state index in [1.165, 1.54) is 0 Å². The molecule has 1 N–H and O–H groups in total. The van der Waals surface area contributed by atoms with Gasteiger partial charge in [-0.25, -0.2) is 13.8 Å². The van der Waals surface area contributed by atoms with E-state index in [1.54, 1.807) is 24.4 Å². The molecule has 0 atom stereocenters. The molecule has 0 radical (unpaired) electrons. The zero-order chi connectivity index (χ0) is 22.9. The monoisotopic (exact) mass is 464 g/mol. The highest BCUT2D eigenvalue weighted by atomic mass is 35.5. The second-order valence-corrected chi connectivity index (χ2v) is 8.42. The van der Waals surface area contributed by atoms with Crippen molar-refractivity contribution in [2.75, 3.05) is 6.54 Å². The van der Waals surface area contributed by atoms with Crippen molar-refractivity contribution in [2.45, 2.75) is 19.5 Å². The Labute approximate surface area is 193 Å². The lowest BCUT2D eigenvalue weighted by atomic mass is 10.1. The molecule has 0 unspecified atom stereocenters. The number of hydrogen-bond donors (Lipinski definition) is 1. The van der Waals surface area contributed by atoms with E-state index in [2.05, 4.69) is 19.9 Å². The molecule has 5 rings (SSSR count). The van der Waals surface area contributed by atoms with Crippen LogP contribution in [-0.4, -0.2) is 26.4 Å². The number of nitrogens with zero attached hydrogens (tertiary/aromatic N) is 3. The van der Waals surface area contributed by atoms with Crippen molar-refractivity contribution in [3.63, 3.8) is 0 Å². The van der Waals surface area contributed by atoms with E-state index in [0.717, 1.165) is 41.6 Å². The maximum absolute atomic E-state index is 14.0. The van der Waals surface area contributed by atoms with E-state index >= 15 is 0 Å². The molecule has 0 amide bonds. The van der Waals surface area contributed by atoms with Crippen LogP contribution in [-0.2, 0) is 19.5 Å². The molecule has 4 aromatic rings. The molecule has 0 spiro atoms. The van der Waals surface area contributed by atoms with Gasteiger partial charge in [0.1, 0.15) is 17.5 Å². The molecular formula is C25H19ClF2N4O. The predicted octanol–water partition coefficient (Wildman–Crippen LogP) is 4.99. The third kappa shape index (κ3) is 4.55. The third-order valence-electron chi connectivity index (χ3n) is 5.70. The molecule has 5 nitrogen and oxygen atoms in total. The van der Waals surface area contributed by atoms with Gasteiger partial charge in [-0.1, -0.05) is 17.7 Å². The molecule has 1 aliphatic rings. The molecule has 0 fully saturated rings. The summed E-state index contributed by atoms with van der Waals surface area (Å²) in [6, 6.07) is 14.0. The number of hydrogen-bond acceptors (Lipinski definition) is 4. The Kier molecular flexibility index (Phi) is 5.74.